The average Bonchev–Trinajstić information content (AvgIpc) is 3.35. The molecule has 0 spiro atoms. The minimum atomic E-state index is 0.161. The van der Waals surface area contributed by atoms with E-state index in [1.54, 1.807) is 32.4 Å². The number of hydrogen-bond donors (Lipinski definition) is 1. The summed E-state index contributed by atoms with van der Waals surface area (Å²) in [7, 11) is 3.14. The van der Waals surface area contributed by atoms with Gasteiger partial charge >= 0.3 is 0 Å². The fraction of sp³-hybridized carbons (Fsp3) is 0.111. The van der Waals surface area contributed by atoms with Crippen molar-refractivity contribution in [3.05, 3.63) is 47.5 Å². The van der Waals surface area contributed by atoms with Crippen LogP contribution < -0.4 is 15.2 Å². The molecule has 9 nitrogen and oxygen atoms in total. The lowest BCUT2D eigenvalue weighted by molar-refractivity contribution is 0.414. The van der Waals surface area contributed by atoms with Crippen LogP contribution in [0.4, 0.5) is 5.82 Å². The number of nitrogens with two attached hydrogens (primary N) is 1. The van der Waals surface area contributed by atoms with Crippen molar-refractivity contribution in [2.45, 2.75) is 0 Å². The first-order valence-electron chi connectivity index (χ1n) is 8.14. The van der Waals surface area contributed by atoms with E-state index in [4.69, 9.17) is 31.3 Å². The minimum absolute atomic E-state index is 0.161. The zero-order chi connectivity index (χ0) is 19.7. The molecule has 10 heteroatoms. The molecule has 0 aliphatic heterocycles. The molecule has 0 aliphatic rings. The Balaban J connectivity index is 1.66. The Bertz CT molecular complexity index is 1120. The van der Waals surface area contributed by atoms with E-state index in [9.17, 15) is 0 Å². The summed E-state index contributed by atoms with van der Waals surface area (Å²) in [6.07, 6.45) is 0. The summed E-state index contributed by atoms with van der Waals surface area (Å²) in [5.74, 6) is 2.09. The normalized spacial score (nSPS) is 10.8. The molecule has 0 saturated carbocycles. The first-order valence-corrected chi connectivity index (χ1v) is 8.52. The van der Waals surface area contributed by atoms with Gasteiger partial charge in [-0.25, -0.2) is 0 Å². The SMILES string of the molecule is COc1ccc(-c2noc(-c3nnn(-c4ccc(OC)c(Cl)c4)c3N)n2)cc1. The summed E-state index contributed by atoms with van der Waals surface area (Å²) in [6.45, 7) is 0. The summed E-state index contributed by atoms with van der Waals surface area (Å²) in [5.41, 5.74) is 7.86. The summed E-state index contributed by atoms with van der Waals surface area (Å²) < 4.78 is 17.0. The molecule has 0 fully saturated rings. The number of ether oxygens (including phenoxy) is 2. The van der Waals surface area contributed by atoms with Crippen LogP contribution in [0.5, 0.6) is 11.5 Å². The summed E-state index contributed by atoms with van der Waals surface area (Å²) in [6, 6.07) is 12.4. The van der Waals surface area contributed by atoms with E-state index in [1.807, 2.05) is 24.3 Å². The molecule has 28 heavy (non-hydrogen) atoms. The number of halogens is 1. The zero-order valence-electron chi connectivity index (χ0n) is 15.0. The molecule has 4 aromatic rings. The second kappa shape index (κ2) is 7.20. The van der Waals surface area contributed by atoms with E-state index in [0.29, 0.717) is 22.3 Å². The molecule has 0 bridgehead atoms. The Hall–Kier alpha value is -3.59. The number of nitrogen functional groups attached to an aromatic ring is 1. The van der Waals surface area contributed by atoms with Gasteiger partial charge in [-0.15, -0.1) is 5.10 Å². The van der Waals surface area contributed by atoms with Crippen molar-refractivity contribution in [2.75, 3.05) is 20.0 Å². The first kappa shape index (κ1) is 17.8. The van der Waals surface area contributed by atoms with Gasteiger partial charge in [-0.3, -0.25) is 0 Å². The molecule has 0 amide bonds. The van der Waals surface area contributed by atoms with E-state index in [2.05, 4.69) is 20.5 Å². The summed E-state index contributed by atoms with van der Waals surface area (Å²) >= 11 is 6.17. The maximum Gasteiger partial charge on any atom is 0.282 e. The third-order valence-corrected chi connectivity index (χ3v) is 4.36. The molecule has 2 N–H and O–H groups in total. The predicted octanol–water partition coefficient (Wildman–Crippen LogP) is 3.24. The average molecular weight is 399 g/mol. The van der Waals surface area contributed by atoms with Crippen LogP contribution in [0.15, 0.2) is 47.0 Å². The monoisotopic (exact) mass is 398 g/mol. The number of aromatic nitrogens is 5. The quantitative estimate of drug-likeness (QED) is 0.545. The third kappa shape index (κ3) is 3.12. The molecular weight excluding hydrogens is 384 g/mol. The highest BCUT2D eigenvalue weighted by molar-refractivity contribution is 6.32. The largest absolute Gasteiger partial charge is 0.497 e. The summed E-state index contributed by atoms with van der Waals surface area (Å²) in [5, 5.41) is 12.5. The van der Waals surface area contributed by atoms with Crippen molar-refractivity contribution in [3.8, 4) is 40.2 Å². The van der Waals surface area contributed by atoms with Gasteiger partial charge in [-0.05, 0) is 42.5 Å². The Kier molecular flexibility index (Phi) is 4.58. The number of methoxy groups -OCH3 is 2. The minimum Gasteiger partial charge on any atom is -0.497 e. The molecule has 2 aromatic carbocycles. The molecule has 0 radical (unpaired) electrons. The Morgan fingerprint density at radius 2 is 1.86 bits per heavy atom. The van der Waals surface area contributed by atoms with E-state index in [0.717, 1.165) is 11.3 Å². The van der Waals surface area contributed by atoms with Crippen LogP contribution in [-0.4, -0.2) is 39.4 Å². The van der Waals surface area contributed by atoms with Gasteiger partial charge in [0.2, 0.25) is 5.82 Å². The standard InChI is InChI=1S/C18H15ClN6O3/c1-26-12-6-3-10(4-7-12)17-21-18(28-23-17)15-16(20)25(24-22-15)11-5-8-14(27-2)13(19)9-11/h3-9H,20H2,1-2H3. The maximum atomic E-state index is 6.19. The van der Waals surface area contributed by atoms with Crippen LogP contribution in [0.1, 0.15) is 0 Å². The van der Waals surface area contributed by atoms with Gasteiger partial charge < -0.3 is 19.7 Å². The van der Waals surface area contributed by atoms with Crippen LogP contribution in [0, 0.1) is 0 Å². The number of nitrogens with zero attached hydrogens (tertiary/aromatic N) is 5. The van der Waals surface area contributed by atoms with Crippen molar-refractivity contribution >= 4 is 17.4 Å². The molecule has 4 rings (SSSR count). The van der Waals surface area contributed by atoms with Crippen LogP contribution >= 0.6 is 11.6 Å². The molecule has 142 valence electrons. The van der Waals surface area contributed by atoms with Crippen molar-refractivity contribution in [1.29, 1.82) is 0 Å². The van der Waals surface area contributed by atoms with Crippen molar-refractivity contribution in [1.82, 2.24) is 25.1 Å². The van der Waals surface area contributed by atoms with Gasteiger partial charge in [0.15, 0.2) is 11.5 Å². The smallest absolute Gasteiger partial charge is 0.282 e. The van der Waals surface area contributed by atoms with Crippen molar-refractivity contribution in [3.63, 3.8) is 0 Å². The zero-order valence-corrected chi connectivity index (χ0v) is 15.7. The number of anilines is 1. The highest BCUT2D eigenvalue weighted by Gasteiger charge is 2.20. The molecule has 0 unspecified atom stereocenters. The fourth-order valence-electron chi connectivity index (χ4n) is 2.60. The topological polar surface area (TPSA) is 114 Å². The molecule has 2 heterocycles. The van der Waals surface area contributed by atoms with Gasteiger partial charge in [0.25, 0.3) is 5.89 Å². The van der Waals surface area contributed by atoms with Crippen molar-refractivity contribution in [2.24, 2.45) is 0 Å². The van der Waals surface area contributed by atoms with Crippen LogP contribution in [-0.2, 0) is 0 Å². The Morgan fingerprint density at radius 1 is 1.07 bits per heavy atom. The van der Waals surface area contributed by atoms with E-state index in [-0.39, 0.29) is 17.4 Å². The molecule has 0 atom stereocenters. The van der Waals surface area contributed by atoms with Gasteiger partial charge in [0.05, 0.1) is 24.9 Å². The molecule has 0 aliphatic carbocycles. The van der Waals surface area contributed by atoms with Gasteiger partial charge in [0, 0.05) is 5.56 Å². The lowest BCUT2D eigenvalue weighted by Gasteiger charge is -2.06. The van der Waals surface area contributed by atoms with Gasteiger partial charge in [-0.2, -0.15) is 9.67 Å². The van der Waals surface area contributed by atoms with Gasteiger partial charge in [0.1, 0.15) is 11.5 Å². The van der Waals surface area contributed by atoms with Crippen LogP contribution in [0.25, 0.3) is 28.7 Å². The lowest BCUT2D eigenvalue weighted by atomic mass is 10.2. The van der Waals surface area contributed by atoms with Gasteiger partial charge in [-0.1, -0.05) is 22.0 Å². The first-order chi connectivity index (χ1) is 13.6. The van der Waals surface area contributed by atoms with E-state index < -0.39 is 0 Å². The molecule has 2 aromatic heterocycles. The Morgan fingerprint density at radius 3 is 2.54 bits per heavy atom. The Labute approximate surface area is 164 Å². The highest BCUT2D eigenvalue weighted by atomic mass is 35.5. The third-order valence-electron chi connectivity index (χ3n) is 4.06. The number of benzene rings is 2. The van der Waals surface area contributed by atoms with Crippen molar-refractivity contribution < 1.29 is 14.0 Å². The van der Waals surface area contributed by atoms with E-state index >= 15 is 0 Å². The summed E-state index contributed by atoms with van der Waals surface area (Å²) in [4.78, 5) is 4.36. The highest BCUT2D eigenvalue weighted by Crippen LogP contribution is 2.30. The van der Waals surface area contributed by atoms with E-state index in [1.165, 1.54) is 4.68 Å². The van der Waals surface area contributed by atoms with Crippen LogP contribution in [0.2, 0.25) is 5.02 Å². The van der Waals surface area contributed by atoms with Crippen LogP contribution in [0.3, 0.4) is 0 Å². The number of rotatable bonds is 5. The fourth-order valence-corrected chi connectivity index (χ4v) is 2.85. The predicted molar refractivity (Wildman–Crippen MR) is 103 cm³/mol. The second-order valence-corrected chi connectivity index (χ2v) is 6.11. The number of hydrogen-bond acceptors (Lipinski definition) is 8. The molecule has 0 saturated heterocycles. The maximum absolute atomic E-state index is 6.19. The lowest BCUT2D eigenvalue weighted by Crippen LogP contribution is -2.02. The molecular formula is C18H15ClN6O3. The second-order valence-electron chi connectivity index (χ2n) is 5.71.